The van der Waals surface area contributed by atoms with Gasteiger partial charge in [0.25, 0.3) is 0 Å². The van der Waals surface area contributed by atoms with Gasteiger partial charge in [0.15, 0.2) is 0 Å². The fraction of sp³-hybridized carbons (Fsp3) is 0.545. The first-order chi connectivity index (χ1) is 15.1. The van der Waals surface area contributed by atoms with Crippen LogP contribution in [0.4, 0.5) is 4.79 Å². The van der Waals surface area contributed by atoms with Crippen LogP contribution in [0, 0.1) is 0 Å². The predicted molar refractivity (Wildman–Crippen MR) is 117 cm³/mol. The van der Waals surface area contributed by atoms with Crippen molar-refractivity contribution < 1.29 is 33.4 Å². The van der Waals surface area contributed by atoms with Gasteiger partial charge in [-0.2, -0.15) is 0 Å². The molecule has 10 nitrogen and oxygen atoms in total. The number of hydrogen-bond acceptors (Lipinski definition) is 8. The molecule has 1 rings (SSSR count). The third-order valence-corrected chi connectivity index (χ3v) is 4.09. The first-order valence-electron chi connectivity index (χ1n) is 10.3. The van der Waals surface area contributed by atoms with Gasteiger partial charge in [-0.3, -0.25) is 19.7 Å². The molecule has 0 aliphatic heterocycles. The normalized spacial score (nSPS) is 12.8. The molecule has 0 aromatic heterocycles. The van der Waals surface area contributed by atoms with E-state index < -0.39 is 41.6 Å². The second kappa shape index (κ2) is 13.3. The monoisotopic (exact) mass is 451 g/mol. The summed E-state index contributed by atoms with van der Waals surface area (Å²) in [5.74, 6) is -1.80. The Labute approximate surface area is 188 Å². The van der Waals surface area contributed by atoms with Gasteiger partial charge in [-0.05, 0) is 39.7 Å². The number of amides is 2. The van der Waals surface area contributed by atoms with E-state index in [4.69, 9.17) is 9.47 Å². The highest BCUT2D eigenvalue weighted by molar-refractivity contribution is 5.87. The van der Waals surface area contributed by atoms with Gasteiger partial charge in [0.05, 0.1) is 26.3 Å². The van der Waals surface area contributed by atoms with Crippen LogP contribution >= 0.6 is 0 Å². The predicted octanol–water partition coefficient (Wildman–Crippen LogP) is 0.933. The molecule has 1 unspecified atom stereocenters. The lowest BCUT2D eigenvalue weighted by Crippen LogP contribution is -2.59. The number of alkyl carbamates (subject to hydrolysis) is 1. The molecule has 0 aliphatic rings. The van der Waals surface area contributed by atoms with Crippen LogP contribution in [0.1, 0.15) is 33.3 Å². The van der Waals surface area contributed by atoms with Crippen LogP contribution in [0.25, 0.3) is 0 Å². The Kier molecular flexibility index (Phi) is 11.2. The molecule has 3 N–H and O–H groups in total. The molecular formula is C22H33N3O7. The van der Waals surface area contributed by atoms with E-state index in [0.717, 1.165) is 5.56 Å². The van der Waals surface area contributed by atoms with Crippen molar-refractivity contribution in [3.05, 3.63) is 35.9 Å². The van der Waals surface area contributed by atoms with E-state index in [2.05, 4.69) is 20.7 Å². The highest BCUT2D eigenvalue weighted by atomic mass is 16.6. The lowest BCUT2D eigenvalue weighted by atomic mass is 9.98. The summed E-state index contributed by atoms with van der Waals surface area (Å²) in [6.07, 6.45) is -0.465. The van der Waals surface area contributed by atoms with Crippen molar-refractivity contribution >= 4 is 23.9 Å². The van der Waals surface area contributed by atoms with Crippen LogP contribution in [0.2, 0.25) is 0 Å². The molecule has 0 aliphatic carbocycles. The molecular weight excluding hydrogens is 418 g/mol. The van der Waals surface area contributed by atoms with Crippen molar-refractivity contribution in [3.8, 4) is 0 Å². The molecule has 1 aromatic rings. The molecule has 0 saturated carbocycles. The summed E-state index contributed by atoms with van der Waals surface area (Å²) < 4.78 is 14.8. The summed E-state index contributed by atoms with van der Waals surface area (Å²) in [5.41, 5.74) is 0.0966. The third-order valence-electron chi connectivity index (χ3n) is 4.09. The van der Waals surface area contributed by atoms with E-state index in [9.17, 15) is 19.2 Å². The van der Waals surface area contributed by atoms with E-state index in [1.807, 2.05) is 30.3 Å². The minimum Gasteiger partial charge on any atom is -0.468 e. The van der Waals surface area contributed by atoms with Crippen LogP contribution in [0.5, 0.6) is 0 Å². The molecule has 10 heteroatoms. The fourth-order valence-corrected chi connectivity index (χ4v) is 2.74. The Morgan fingerprint density at radius 2 is 1.66 bits per heavy atom. The van der Waals surface area contributed by atoms with Gasteiger partial charge in [-0.1, -0.05) is 30.3 Å². The lowest BCUT2D eigenvalue weighted by molar-refractivity contribution is -0.144. The number of ether oxygens (including phenoxy) is 3. The van der Waals surface area contributed by atoms with Crippen LogP contribution in [0.15, 0.2) is 30.3 Å². The number of nitrogens with one attached hydrogen (secondary N) is 3. The fourth-order valence-electron chi connectivity index (χ4n) is 2.74. The van der Waals surface area contributed by atoms with Gasteiger partial charge in [-0.15, -0.1) is 0 Å². The number of methoxy groups -OCH3 is 1. The molecule has 1 aromatic carbocycles. The highest BCUT2D eigenvalue weighted by Crippen LogP contribution is 2.11. The molecule has 0 fully saturated rings. The maximum Gasteiger partial charge on any atom is 0.407 e. The summed E-state index contributed by atoms with van der Waals surface area (Å²) in [6, 6.07) is 7.32. The molecule has 32 heavy (non-hydrogen) atoms. The van der Waals surface area contributed by atoms with Crippen molar-refractivity contribution in [3.63, 3.8) is 0 Å². The largest absolute Gasteiger partial charge is 0.468 e. The zero-order valence-electron chi connectivity index (χ0n) is 19.2. The average Bonchev–Trinajstić information content (AvgIpc) is 2.71. The molecule has 0 saturated heterocycles. The van der Waals surface area contributed by atoms with Gasteiger partial charge in [0.2, 0.25) is 5.91 Å². The molecule has 178 valence electrons. The van der Waals surface area contributed by atoms with Gasteiger partial charge in [0.1, 0.15) is 18.2 Å². The molecule has 2 atom stereocenters. The number of carbonyl (C=O) groups is 4. The van der Waals surface area contributed by atoms with E-state index in [1.54, 1.807) is 27.7 Å². The number of esters is 2. The maximum absolute atomic E-state index is 12.9. The van der Waals surface area contributed by atoms with E-state index >= 15 is 0 Å². The zero-order chi connectivity index (χ0) is 24.1. The maximum atomic E-state index is 12.9. The quantitative estimate of drug-likeness (QED) is 0.334. The SMILES string of the molecule is CCOC(=O)CNC(=O)C(NCC(=O)OC)[C@H](Cc1ccccc1)NC(=O)OC(C)(C)C. The standard InChI is InChI=1S/C22H33N3O7/c1-6-31-18(27)14-24-20(28)19(23-13-17(26)30-5)16(12-15-10-8-7-9-11-15)25-21(29)32-22(2,3)4/h7-11,16,19,23H,6,12-14H2,1-5H3,(H,24,28)(H,25,29)/t16-,19?/m0/s1. The van der Waals surface area contributed by atoms with Crippen molar-refractivity contribution in [1.29, 1.82) is 0 Å². The minimum absolute atomic E-state index is 0.176. The summed E-state index contributed by atoms with van der Waals surface area (Å²) in [5, 5.41) is 7.99. The molecule has 2 amide bonds. The Hall–Kier alpha value is -3.14. The van der Waals surface area contributed by atoms with Crippen LogP contribution < -0.4 is 16.0 Å². The van der Waals surface area contributed by atoms with Gasteiger partial charge in [0, 0.05) is 0 Å². The number of rotatable bonds is 11. The van der Waals surface area contributed by atoms with Crippen LogP contribution in [0.3, 0.4) is 0 Å². The van der Waals surface area contributed by atoms with E-state index in [-0.39, 0.29) is 26.1 Å². The molecule has 0 spiro atoms. The summed E-state index contributed by atoms with van der Waals surface area (Å²) in [7, 11) is 1.22. The second-order valence-corrected chi connectivity index (χ2v) is 7.90. The Morgan fingerprint density at radius 3 is 2.22 bits per heavy atom. The Bertz CT molecular complexity index is 763. The molecule has 0 bridgehead atoms. The first kappa shape index (κ1) is 26.9. The second-order valence-electron chi connectivity index (χ2n) is 7.90. The number of benzene rings is 1. The average molecular weight is 452 g/mol. The van der Waals surface area contributed by atoms with E-state index in [1.165, 1.54) is 7.11 Å². The van der Waals surface area contributed by atoms with Gasteiger partial charge >= 0.3 is 18.0 Å². The van der Waals surface area contributed by atoms with Crippen molar-refractivity contribution in [2.24, 2.45) is 0 Å². The molecule has 0 radical (unpaired) electrons. The van der Waals surface area contributed by atoms with E-state index in [0.29, 0.717) is 0 Å². The summed E-state index contributed by atoms with van der Waals surface area (Å²) >= 11 is 0. The highest BCUT2D eigenvalue weighted by Gasteiger charge is 2.32. The Morgan fingerprint density at radius 1 is 1.00 bits per heavy atom. The topological polar surface area (TPSA) is 132 Å². The zero-order valence-corrected chi connectivity index (χ0v) is 19.2. The smallest absolute Gasteiger partial charge is 0.407 e. The van der Waals surface area contributed by atoms with Gasteiger partial charge in [-0.25, -0.2) is 4.79 Å². The first-order valence-corrected chi connectivity index (χ1v) is 10.3. The number of carbonyl (C=O) groups excluding carboxylic acids is 4. The summed E-state index contributed by atoms with van der Waals surface area (Å²) in [6.45, 7) is 6.35. The van der Waals surface area contributed by atoms with Crippen LogP contribution in [-0.2, 0) is 35.0 Å². The number of hydrogen-bond donors (Lipinski definition) is 3. The summed E-state index contributed by atoms with van der Waals surface area (Å²) in [4.78, 5) is 48.7. The minimum atomic E-state index is -1.07. The van der Waals surface area contributed by atoms with Gasteiger partial charge < -0.3 is 24.8 Å². The third kappa shape index (κ3) is 10.8. The van der Waals surface area contributed by atoms with Crippen molar-refractivity contribution in [2.75, 3.05) is 26.8 Å². The van der Waals surface area contributed by atoms with Crippen molar-refractivity contribution in [2.45, 2.75) is 51.8 Å². The Balaban J connectivity index is 3.11. The molecule has 0 heterocycles. The van der Waals surface area contributed by atoms with Crippen LogP contribution in [-0.4, -0.2) is 68.4 Å². The van der Waals surface area contributed by atoms with Crippen molar-refractivity contribution in [1.82, 2.24) is 16.0 Å². The lowest BCUT2D eigenvalue weighted by Gasteiger charge is -2.29.